The number of halogens is 1. The van der Waals surface area contributed by atoms with E-state index in [0.29, 0.717) is 16.5 Å². The minimum Gasteiger partial charge on any atom is -0.493 e. The summed E-state index contributed by atoms with van der Waals surface area (Å²) in [5, 5.41) is 9.68. The number of benzene rings is 2. The number of rotatable bonds is 7. The predicted molar refractivity (Wildman–Crippen MR) is 82.4 cm³/mol. The Bertz CT molecular complexity index is 657. The van der Waals surface area contributed by atoms with Crippen molar-refractivity contribution in [3.05, 3.63) is 53.1 Å². The Balaban J connectivity index is 2.00. The quantitative estimate of drug-likeness (QED) is 0.790. The molecule has 1 N–H and O–H groups in total. The van der Waals surface area contributed by atoms with Crippen molar-refractivity contribution in [3.63, 3.8) is 0 Å². The van der Waals surface area contributed by atoms with Gasteiger partial charge in [0.2, 0.25) is 0 Å². The van der Waals surface area contributed by atoms with Crippen LogP contribution in [0.1, 0.15) is 10.4 Å². The van der Waals surface area contributed by atoms with E-state index in [4.69, 9.17) is 25.8 Å². The number of para-hydroxylation sites is 2. The van der Waals surface area contributed by atoms with Crippen LogP contribution in [0.2, 0.25) is 5.02 Å². The van der Waals surface area contributed by atoms with Gasteiger partial charge in [-0.1, -0.05) is 29.8 Å². The van der Waals surface area contributed by atoms with Gasteiger partial charge in [0, 0.05) is 0 Å². The average molecular weight is 323 g/mol. The van der Waals surface area contributed by atoms with Crippen LogP contribution in [0.5, 0.6) is 17.2 Å². The highest BCUT2D eigenvalue weighted by Crippen LogP contribution is 2.31. The van der Waals surface area contributed by atoms with Crippen LogP contribution in [0.4, 0.5) is 0 Å². The largest absolute Gasteiger partial charge is 0.493 e. The molecule has 2 rings (SSSR count). The van der Waals surface area contributed by atoms with Crippen LogP contribution in [-0.4, -0.2) is 31.4 Å². The van der Waals surface area contributed by atoms with Gasteiger partial charge in [-0.05, 0) is 24.3 Å². The van der Waals surface area contributed by atoms with Crippen molar-refractivity contribution < 1.29 is 24.1 Å². The molecule has 0 aromatic heterocycles. The van der Waals surface area contributed by atoms with Gasteiger partial charge in [0.15, 0.2) is 11.5 Å². The summed E-state index contributed by atoms with van der Waals surface area (Å²) in [7, 11) is 1.45. The number of hydrogen-bond acceptors (Lipinski definition) is 4. The highest BCUT2D eigenvalue weighted by Gasteiger charge is 2.16. The molecule has 0 spiro atoms. The summed E-state index contributed by atoms with van der Waals surface area (Å²) in [6.07, 6.45) is 0. The average Bonchev–Trinajstić information content (AvgIpc) is 2.52. The van der Waals surface area contributed by atoms with Crippen LogP contribution in [0.25, 0.3) is 0 Å². The SMILES string of the molecule is COc1cccc(C(=O)O)c1OCCOc1ccccc1Cl. The van der Waals surface area contributed by atoms with E-state index in [2.05, 4.69) is 0 Å². The van der Waals surface area contributed by atoms with Crippen molar-refractivity contribution in [2.45, 2.75) is 0 Å². The summed E-state index contributed by atoms with van der Waals surface area (Å²) in [6, 6.07) is 11.8. The maximum absolute atomic E-state index is 11.2. The summed E-state index contributed by atoms with van der Waals surface area (Å²) in [5.41, 5.74) is 0.0390. The molecule has 22 heavy (non-hydrogen) atoms. The first kappa shape index (κ1) is 16.0. The lowest BCUT2D eigenvalue weighted by atomic mass is 10.2. The van der Waals surface area contributed by atoms with Crippen LogP contribution < -0.4 is 14.2 Å². The second-order valence-corrected chi connectivity index (χ2v) is 4.68. The van der Waals surface area contributed by atoms with Crippen molar-refractivity contribution in [1.82, 2.24) is 0 Å². The number of hydrogen-bond donors (Lipinski definition) is 1. The topological polar surface area (TPSA) is 65.0 Å². The molecule has 2 aromatic rings. The first-order valence-corrected chi connectivity index (χ1v) is 6.91. The van der Waals surface area contributed by atoms with Crippen LogP contribution in [0, 0.1) is 0 Å². The van der Waals surface area contributed by atoms with E-state index >= 15 is 0 Å². The lowest BCUT2D eigenvalue weighted by Crippen LogP contribution is -2.12. The van der Waals surface area contributed by atoms with Crippen molar-refractivity contribution >= 4 is 17.6 Å². The Kier molecular flexibility index (Phi) is 5.49. The van der Waals surface area contributed by atoms with Crippen molar-refractivity contribution in [2.75, 3.05) is 20.3 Å². The lowest BCUT2D eigenvalue weighted by molar-refractivity contribution is 0.0690. The Hall–Kier alpha value is -2.40. The molecule has 0 amide bonds. The summed E-state index contributed by atoms with van der Waals surface area (Å²) in [5.74, 6) is 0.00470. The first-order chi connectivity index (χ1) is 10.6. The zero-order valence-electron chi connectivity index (χ0n) is 11.9. The molecule has 0 saturated carbocycles. The fourth-order valence-corrected chi connectivity index (χ4v) is 2.04. The molecule has 0 aliphatic carbocycles. The number of carboxylic acid groups (broad SMARTS) is 1. The van der Waals surface area contributed by atoms with Crippen LogP contribution >= 0.6 is 11.6 Å². The second kappa shape index (κ2) is 7.56. The third kappa shape index (κ3) is 3.83. The summed E-state index contributed by atoms with van der Waals surface area (Å²) in [6.45, 7) is 0.382. The third-order valence-electron chi connectivity index (χ3n) is 2.85. The monoisotopic (exact) mass is 322 g/mol. The molecule has 5 nitrogen and oxygen atoms in total. The van der Waals surface area contributed by atoms with Crippen LogP contribution in [0.15, 0.2) is 42.5 Å². The molecule has 0 bridgehead atoms. The molecule has 0 radical (unpaired) electrons. The summed E-state index contributed by atoms with van der Waals surface area (Å²) < 4.78 is 16.1. The molecule has 0 heterocycles. The number of ether oxygens (including phenoxy) is 3. The Labute approximate surface area is 133 Å². The van der Waals surface area contributed by atoms with Gasteiger partial charge < -0.3 is 19.3 Å². The van der Waals surface area contributed by atoms with Gasteiger partial charge >= 0.3 is 5.97 Å². The van der Waals surface area contributed by atoms with Gasteiger partial charge in [-0.2, -0.15) is 0 Å². The molecule has 0 aliphatic rings. The standard InChI is InChI=1S/C16H15ClO5/c1-20-14-8-4-5-11(16(18)19)15(14)22-10-9-21-13-7-3-2-6-12(13)17/h2-8H,9-10H2,1H3,(H,18,19). The summed E-state index contributed by atoms with van der Waals surface area (Å²) >= 11 is 5.97. The van der Waals surface area contributed by atoms with E-state index in [9.17, 15) is 9.90 Å². The van der Waals surface area contributed by atoms with E-state index in [1.165, 1.54) is 13.2 Å². The van der Waals surface area contributed by atoms with E-state index in [0.717, 1.165) is 0 Å². The molecule has 0 aliphatic heterocycles. The zero-order chi connectivity index (χ0) is 15.9. The molecule has 0 unspecified atom stereocenters. The molecule has 0 fully saturated rings. The van der Waals surface area contributed by atoms with Gasteiger partial charge in [0.25, 0.3) is 0 Å². The predicted octanol–water partition coefficient (Wildman–Crippen LogP) is 3.50. The van der Waals surface area contributed by atoms with Crippen LogP contribution in [-0.2, 0) is 0 Å². The van der Waals surface area contributed by atoms with Gasteiger partial charge in [-0.15, -0.1) is 0 Å². The van der Waals surface area contributed by atoms with Crippen LogP contribution in [0.3, 0.4) is 0 Å². The van der Waals surface area contributed by atoms with Crippen molar-refractivity contribution in [2.24, 2.45) is 0 Å². The smallest absolute Gasteiger partial charge is 0.339 e. The van der Waals surface area contributed by atoms with Gasteiger partial charge in [-0.3, -0.25) is 0 Å². The minimum atomic E-state index is -1.08. The fourth-order valence-electron chi connectivity index (χ4n) is 1.85. The third-order valence-corrected chi connectivity index (χ3v) is 3.17. The minimum absolute atomic E-state index is 0.0390. The van der Waals surface area contributed by atoms with Gasteiger partial charge in [-0.25, -0.2) is 4.79 Å². The van der Waals surface area contributed by atoms with Crippen molar-refractivity contribution in [3.8, 4) is 17.2 Å². The second-order valence-electron chi connectivity index (χ2n) is 4.27. The molecule has 2 aromatic carbocycles. The highest BCUT2D eigenvalue weighted by atomic mass is 35.5. The Morgan fingerprint density at radius 3 is 2.41 bits per heavy atom. The van der Waals surface area contributed by atoms with Gasteiger partial charge in [0.1, 0.15) is 24.5 Å². The molecular formula is C16H15ClO5. The van der Waals surface area contributed by atoms with E-state index < -0.39 is 5.97 Å². The van der Waals surface area contributed by atoms with Crippen molar-refractivity contribution in [1.29, 1.82) is 0 Å². The molecule has 6 heteroatoms. The Morgan fingerprint density at radius 2 is 1.73 bits per heavy atom. The maximum atomic E-state index is 11.2. The zero-order valence-corrected chi connectivity index (χ0v) is 12.7. The van der Waals surface area contributed by atoms with Gasteiger partial charge in [0.05, 0.1) is 12.1 Å². The number of carbonyl (C=O) groups is 1. The highest BCUT2D eigenvalue weighted by molar-refractivity contribution is 6.32. The fraction of sp³-hybridized carbons (Fsp3) is 0.188. The normalized spacial score (nSPS) is 10.1. The van der Waals surface area contributed by atoms with E-state index in [-0.39, 0.29) is 24.5 Å². The Morgan fingerprint density at radius 1 is 1.05 bits per heavy atom. The number of carboxylic acids is 1. The van der Waals surface area contributed by atoms with E-state index in [1.807, 2.05) is 6.07 Å². The number of aromatic carboxylic acids is 1. The first-order valence-electron chi connectivity index (χ1n) is 6.54. The molecular weight excluding hydrogens is 308 g/mol. The van der Waals surface area contributed by atoms with E-state index in [1.54, 1.807) is 30.3 Å². The molecule has 116 valence electrons. The maximum Gasteiger partial charge on any atom is 0.339 e. The molecule has 0 atom stereocenters. The molecule has 0 saturated heterocycles. The lowest BCUT2D eigenvalue weighted by Gasteiger charge is -2.13. The number of methoxy groups -OCH3 is 1. The summed E-state index contributed by atoms with van der Waals surface area (Å²) in [4.78, 5) is 11.2.